The zero-order valence-corrected chi connectivity index (χ0v) is 18.4. The topological polar surface area (TPSA) is 92.8 Å². The Labute approximate surface area is 182 Å². The third-order valence-corrected chi connectivity index (χ3v) is 7.73. The van der Waals surface area contributed by atoms with E-state index in [2.05, 4.69) is 4.72 Å². The number of hydrogen-bond acceptors (Lipinski definition) is 5. The van der Waals surface area contributed by atoms with Crippen LogP contribution in [0.15, 0.2) is 53.4 Å². The molecule has 0 radical (unpaired) electrons. The number of ether oxygens (including phenoxy) is 1. The summed E-state index contributed by atoms with van der Waals surface area (Å²) < 4.78 is 35.4. The standard InChI is InChI=1S/C23H26N2O5S/c1-3-23(4-2)15-19(18-7-5-6-8-20(18)30-23)24-31(28,29)17-11-9-16(10-12-17)25-21(26)13-14-22(25)27/h5-12,19,24H,3-4,13-15H2,1-2H3/t19-/m0/s1. The highest BCUT2D eigenvalue weighted by molar-refractivity contribution is 7.89. The minimum absolute atomic E-state index is 0.0814. The van der Waals surface area contributed by atoms with Gasteiger partial charge in [0.15, 0.2) is 0 Å². The summed E-state index contributed by atoms with van der Waals surface area (Å²) >= 11 is 0. The Morgan fingerprint density at radius 2 is 1.61 bits per heavy atom. The molecule has 164 valence electrons. The van der Waals surface area contributed by atoms with Gasteiger partial charge in [0.1, 0.15) is 11.4 Å². The summed E-state index contributed by atoms with van der Waals surface area (Å²) in [5.74, 6) is 0.160. The molecule has 0 bridgehead atoms. The SMILES string of the molecule is CCC1(CC)C[C@H](NS(=O)(=O)c2ccc(N3C(=O)CCC3=O)cc2)c2ccccc2O1. The molecule has 7 nitrogen and oxygen atoms in total. The number of carbonyl (C=O) groups excluding carboxylic acids is 2. The van der Waals surface area contributed by atoms with E-state index in [0.717, 1.165) is 23.3 Å². The van der Waals surface area contributed by atoms with Crippen molar-refractivity contribution in [1.29, 1.82) is 0 Å². The van der Waals surface area contributed by atoms with Gasteiger partial charge in [-0.3, -0.25) is 14.5 Å². The lowest BCUT2D eigenvalue weighted by Crippen LogP contribution is -2.44. The molecule has 0 aromatic heterocycles. The van der Waals surface area contributed by atoms with Gasteiger partial charge in [0.05, 0.1) is 16.6 Å². The number of sulfonamides is 1. The maximum absolute atomic E-state index is 13.2. The molecule has 2 amide bonds. The Kier molecular flexibility index (Phi) is 5.61. The number of amides is 2. The molecule has 2 aliphatic rings. The van der Waals surface area contributed by atoms with Gasteiger partial charge in [-0.1, -0.05) is 32.0 Å². The second-order valence-corrected chi connectivity index (χ2v) is 9.74. The summed E-state index contributed by atoms with van der Waals surface area (Å²) in [7, 11) is -3.83. The number of fused-ring (bicyclic) bond motifs is 1. The van der Waals surface area contributed by atoms with Crippen molar-refractivity contribution < 1.29 is 22.7 Å². The van der Waals surface area contributed by atoms with Gasteiger partial charge in [-0.15, -0.1) is 0 Å². The van der Waals surface area contributed by atoms with Gasteiger partial charge in [-0.25, -0.2) is 13.1 Å². The van der Waals surface area contributed by atoms with Crippen LogP contribution in [0.3, 0.4) is 0 Å². The first-order valence-corrected chi connectivity index (χ1v) is 12.0. The van der Waals surface area contributed by atoms with E-state index in [4.69, 9.17) is 4.74 Å². The molecule has 1 atom stereocenters. The first-order chi connectivity index (χ1) is 14.8. The minimum Gasteiger partial charge on any atom is -0.487 e. The monoisotopic (exact) mass is 442 g/mol. The van der Waals surface area contributed by atoms with Gasteiger partial charge in [0.25, 0.3) is 0 Å². The van der Waals surface area contributed by atoms with Gasteiger partial charge in [-0.2, -0.15) is 0 Å². The first kappa shape index (κ1) is 21.5. The van der Waals surface area contributed by atoms with Crippen LogP contribution >= 0.6 is 0 Å². The Bertz CT molecular complexity index is 1090. The molecule has 2 aliphatic heterocycles. The van der Waals surface area contributed by atoms with Gasteiger partial charge >= 0.3 is 0 Å². The van der Waals surface area contributed by atoms with E-state index in [0.29, 0.717) is 17.9 Å². The number of carbonyl (C=O) groups is 2. The lowest BCUT2D eigenvalue weighted by molar-refractivity contribution is -0.121. The van der Waals surface area contributed by atoms with Crippen LogP contribution in [-0.4, -0.2) is 25.8 Å². The van der Waals surface area contributed by atoms with E-state index in [1.807, 2.05) is 38.1 Å². The van der Waals surface area contributed by atoms with Gasteiger partial charge in [-0.05, 0) is 43.2 Å². The van der Waals surface area contributed by atoms with Crippen LogP contribution in [0.5, 0.6) is 5.75 Å². The molecule has 8 heteroatoms. The summed E-state index contributed by atoms with van der Waals surface area (Å²) in [4.78, 5) is 25.0. The quantitative estimate of drug-likeness (QED) is 0.689. The lowest BCUT2D eigenvalue weighted by Gasteiger charge is -2.41. The Morgan fingerprint density at radius 1 is 1.00 bits per heavy atom. The van der Waals surface area contributed by atoms with Crippen molar-refractivity contribution in [1.82, 2.24) is 4.72 Å². The van der Waals surface area contributed by atoms with Crippen LogP contribution in [0.4, 0.5) is 5.69 Å². The fourth-order valence-electron chi connectivity index (χ4n) is 4.30. The highest BCUT2D eigenvalue weighted by atomic mass is 32.2. The highest BCUT2D eigenvalue weighted by Gasteiger charge is 2.40. The summed E-state index contributed by atoms with van der Waals surface area (Å²) in [6.45, 7) is 4.09. The normalized spacial score (nSPS) is 20.5. The number of para-hydroxylation sites is 1. The second-order valence-electron chi connectivity index (χ2n) is 8.02. The average molecular weight is 443 g/mol. The van der Waals surface area contributed by atoms with Crippen molar-refractivity contribution in [3.05, 3.63) is 54.1 Å². The fourth-order valence-corrected chi connectivity index (χ4v) is 5.52. The van der Waals surface area contributed by atoms with Crippen molar-refractivity contribution in [2.24, 2.45) is 0 Å². The fraction of sp³-hybridized carbons (Fsp3) is 0.391. The lowest BCUT2D eigenvalue weighted by atomic mass is 9.84. The van der Waals surface area contributed by atoms with E-state index in [1.165, 1.54) is 24.3 Å². The molecule has 0 unspecified atom stereocenters. The molecule has 2 aromatic carbocycles. The minimum atomic E-state index is -3.83. The molecule has 0 saturated carbocycles. The van der Waals surface area contributed by atoms with Crippen LogP contribution in [0.2, 0.25) is 0 Å². The molecular formula is C23H26N2O5S. The molecule has 2 heterocycles. The highest BCUT2D eigenvalue weighted by Crippen LogP contribution is 2.43. The number of anilines is 1. The molecule has 1 fully saturated rings. The molecule has 1 N–H and O–H groups in total. The molecule has 2 aromatic rings. The van der Waals surface area contributed by atoms with Crippen LogP contribution < -0.4 is 14.4 Å². The molecular weight excluding hydrogens is 416 g/mol. The van der Waals surface area contributed by atoms with E-state index in [-0.39, 0.29) is 29.6 Å². The number of hydrogen-bond donors (Lipinski definition) is 1. The number of nitrogens with one attached hydrogen (secondary N) is 1. The van der Waals surface area contributed by atoms with Gasteiger partial charge in [0, 0.05) is 24.8 Å². The predicted octanol–water partition coefficient (Wildman–Crippen LogP) is 3.70. The van der Waals surface area contributed by atoms with E-state index >= 15 is 0 Å². The number of benzene rings is 2. The summed E-state index contributed by atoms with van der Waals surface area (Å²) in [6.07, 6.45) is 2.43. The molecule has 0 aliphatic carbocycles. The molecule has 0 spiro atoms. The van der Waals surface area contributed by atoms with Gasteiger partial charge in [0.2, 0.25) is 21.8 Å². The zero-order valence-electron chi connectivity index (χ0n) is 17.6. The largest absolute Gasteiger partial charge is 0.487 e. The third-order valence-electron chi connectivity index (χ3n) is 6.24. The third kappa shape index (κ3) is 3.97. The Morgan fingerprint density at radius 3 is 2.23 bits per heavy atom. The van der Waals surface area contributed by atoms with Crippen LogP contribution in [0.25, 0.3) is 0 Å². The molecule has 4 rings (SSSR count). The van der Waals surface area contributed by atoms with E-state index < -0.39 is 21.7 Å². The maximum Gasteiger partial charge on any atom is 0.241 e. The Balaban J connectivity index is 1.61. The maximum atomic E-state index is 13.2. The first-order valence-electron chi connectivity index (χ1n) is 10.5. The summed E-state index contributed by atoms with van der Waals surface area (Å²) in [5.41, 5.74) is 0.773. The molecule has 31 heavy (non-hydrogen) atoms. The zero-order chi connectivity index (χ0) is 22.2. The van der Waals surface area contributed by atoms with Crippen molar-refractivity contribution in [3.63, 3.8) is 0 Å². The number of rotatable bonds is 6. The van der Waals surface area contributed by atoms with Crippen molar-refractivity contribution in [2.45, 2.75) is 62.5 Å². The summed E-state index contributed by atoms with van der Waals surface area (Å²) in [6, 6.07) is 12.9. The van der Waals surface area contributed by atoms with Gasteiger partial charge < -0.3 is 4.74 Å². The van der Waals surface area contributed by atoms with Crippen molar-refractivity contribution in [2.75, 3.05) is 4.90 Å². The van der Waals surface area contributed by atoms with Crippen molar-refractivity contribution >= 4 is 27.5 Å². The van der Waals surface area contributed by atoms with Crippen molar-refractivity contribution in [3.8, 4) is 5.75 Å². The molecule has 1 saturated heterocycles. The number of nitrogens with zero attached hydrogens (tertiary/aromatic N) is 1. The number of imide groups is 1. The van der Waals surface area contributed by atoms with Crippen LogP contribution in [0, 0.1) is 0 Å². The van der Waals surface area contributed by atoms with Crippen LogP contribution in [0.1, 0.15) is 57.6 Å². The van der Waals surface area contributed by atoms with E-state index in [9.17, 15) is 18.0 Å². The average Bonchev–Trinajstić information content (AvgIpc) is 3.11. The second kappa shape index (κ2) is 8.09. The summed E-state index contributed by atoms with van der Waals surface area (Å²) in [5, 5.41) is 0. The smallest absolute Gasteiger partial charge is 0.241 e. The Hall–Kier alpha value is -2.71. The predicted molar refractivity (Wildman–Crippen MR) is 116 cm³/mol. The van der Waals surface area contributed by atoms with Crippen LogP contribution in [-0.2, 0) is 19.6 Å². The van der Waals surface area contributed by atoms with E-state index in [1.54, 1.807) is 0 Å².